The van der Waals surface area contributed by atoms with Crippen LogP contribution in [0.2, 0.25) is 0 Å². The van der Waals surface area contributed by atoms with E-state index in [1.54, 1.807) is 0 Å². The topological polar surface area (TPSA) is 84.2 Å². The Kier molecular flexibility index (Phi) is 4.29. The van der Waals surface area contributed by atoms with Crippen LogP contribution in [0.15, 0.2) is 0 Å². The zero-order valence-electron chi connectivity index (χ0n) is 10.0. The molecule has 0 saturated carbocycles. The molecule has 0 radical (unpaired) electrons. The van der Waals surface area contributed by atoms with Gasteiger partial charge in [0.05, 0.1) is 5.54 Å². The number of amides is 2. The number of nitrogens with two attached hydrogens (primary N) is 1. The van der Waals surface area contributed by atoms with Gasteiger partial charge in [0.2, 0.25) is 11.8 Å². The molecule has 0 aliphatic carbocycles. The van der Waals surface area contributed by atoms with Gasteiger partial charge in [-0.15, -0.1) is 0 Å². The molecule has 1 aliphatic heterocycles. The SMILES string of the molecule is CCC(CC)(CN)NC(=O)C1CCC(=O)N1. The molecule has 5 heteroatoms. The summed E-state index contributed by atoms with van der Waals surface area (Å²) in [6, 6.07) is -0.378. The van der Waals surface area contributed by atoms with Gasteiger partial charge < -0.3 is 16.4 Å². The van der Waals surface area contributed by atoms with Gasteiger partial charge in [0.25, 0.3) is 0 Å². The number of carbonyl (C=O) groups excluding carboxylic acids is 2. The zero-order chi connectivity index (χ0) is 12.2. The molecule has 1 saturated heterocycles. The zero-order valence-corrected chi connectivity index (χ0v) is 10.0. The first-order valence-electron chi connectivity index (χ1n) is 5.88. The third-order valence-electron chi connectivity index (χ3n) is 3.44. The van der Waals surface area contributed by atoms with Gasteiger partial charge >= 0.3 is 0 Å². The second-order valence-electron chi connectivity index (χ2n) is 4.34. The lowest BCUT2D eigenvalue weighted by molar-refractivity contribution is -0.127. The maximum atomic E-state index is 11.9. The maximum absolute atomic E-state index is 11.9. The molecule has 1 rings (SSSR count). The fourth-order valence-electron chi connectivity index (χ4n) is 1.93. The number of hydrogen-bond donors (Lipinski definition) is 3. The molecule has 2 amide bonds. The average molecular weight is 227 g/mol. The Bertz CT molecular complexity index is 266. The minimum atomic E-state index is -0.378. The van der Waals surface area contributed by atoms with E-state index in [1.165, 1.54) is 0 Å². The van der Waals surface area contributed by atoms with E-state index in [2.05, 4.69) is 10.6 Å². The predicted molar refractivity (Wildman–Crippen MR) is 61.7 cm³/mol. The fraction of sp³-hybridized carbons (Fsp3) is 0.818. The molecule has 1 aliphatic rings. The van der Waals surface area contributed by atoms with Gasteiger partial charge in [-0.25, -0.2) is 0 Å². The summed E-state index contributed by atoms with van der Waals surface area (Å²) in [4.78, 5) is 22.9. The molecular formula is C11H21N3O2. The second-order valence-corrected chi connectivity index (χ2v) is 4.34. The Hall–Kier alpha value is -1.10. The molecule has 0 aromatic rings. The lowest BCUT2D eigenvalue weighted by Crippen LogP contribution is -2.57. The van der Waals surface area contributed by atoms with Crippen molar-refractivity contribution in [1.29, 1.82) is 0 Å². The third kappa shape index (κ3) is 2.72. The van der Waals surface area contributed by atoms with E-state index in [0.717, 1.165) is 12.8 Å². The highest BCUT2D eigenvalue weighted by atomic mass is 16.2. The smallest absolute Gasteiger partial charge is 0.243 e. The molecule has 16 heavy (non-hydrogen) atoms. The summed E-state index contributed by atoms with van der Waals surface area (Å²) < 4.78 is 0. The number of nitrogens with one attached hydrogen (secondary N) is 2. The molecule has 5 nitrogen and oxygen atoms in total. The van der Waals surface area contributed by atoms with Crippen LogP contribution < -0.4 is 16.4 Å². The minimum absolute atomic E-state index is 0.0495. The standard InChI is InChI=1S/C11H21N3O2/c1-3-11(4-2,7-12)14-10(16)8-5-6-9(15)13-8/h8H,3-7,12H2,1-2H3,(H,13,15)(H,14,16). The first-order chi connectivity index (χ1) is 7.56. The van der Waals surface area contributed by atoms with Crippen molar-refractivity contribution in [2.45, 2.75) is 51.1 Å². The van der Waals surface area contributed by atoms with E-state index in [1.807, 2.05) is 13.8 Å². The summed E-state index contributed by atoms with van der Waals surface area (Å²) in [7, 11) is 0. The number of hydrogen-bond acceptors (Lipinski definition) is 3. The van der Waals surface area contributed by atoms with Crippen LogP contribution in [0.5, 0.6) is 0 Å². The van der Waals surface area contributed by atoms with E-state index < -0.39 is 0 Å². The Morgan fingerprint density at radius 3 is 2.56 bits per heavy atom. The molecule has 0 spiro atoms. The van der Waals surface area contributed by atoms with Crippen molar-refractivity contribution in [3.8, 4) is 0 Å². The van der Waals surface area contributed by atoms with Crippen molar-refractivity contribution in [1.82, 2.24) is 10.6 Å². The molecular weight excluding hydrogens is 206 g/mol. The minimum Gasteiger partial charge on any atom is -0.348 e. The van der Waals surface area contributed by atoms with Crippen LogP contribution in [0.1, 0.15) is 39.5 Å². The van der Waals surface area contributed by atoms with Gasteiger partial charge in [-0.3, -0.25) is 9.59 Å². The molecule has 1 unspecified atom stereocenters. The van der Waals surface area contributed by atoms with Crippen LogP contribution in [0.3, 0.4) is 0 Å². The lowest BCUT2D eigenvalue weighted by atomic mass is 9.92. The average Bonchev–Trinajstić information content (AvgIpc) is 2.73. The Labute approximate surface area is 96.1 Å². The quantitative estimate of drug-likeness (QED) is 0.613. The van der Waals surface area contributed by atoms with Gasteiger partial charge in [0.1, 0.15) is 6.04 Å². The lowest BCUT2D eigenvalue weighted by Gasteiger charge is -2.32. The van der Waals surface area contributed by atoms with Gasteiger partial charge in [-0.1, -0.05) is 13.8 Å². The second kappa shape index (κ2) is 5.30. The summed E-state index contributed by atoms with van der Waals surface area (Å²) in [5.74, 6) is -0.161. The summed E-state index contributed by atoms with van der Waals surface area (Å²) >= 11 is 0. The summed E-state index contributed by atoms with van der Waals surface area (Å²) in [5.41, 5.74) is 5.37. The third-order valence-corrected chi connectivity index (χ3v) is 3.44. The van der Waals surface area contributed by atoms with Crippen LogP contribution in [0.25, 0.3) is 0 Å². The first kappa shape index (κ1) is 13.0. The van der Waals surface area contributed by atoms with E-state index in [-0.39, 0.29) is 23.4 Å². The first-order valence-corrected chi connectivity index (χ1v) is 5.88. The van der Waals surface area contributed by atoms with Gasteiger partial charge in [-0.05, 0) is 19.3 Å². The Morgan fingerprint density at radius 1 is 1.56 bits per heavy atom. The largest absolute Gasteiger partial charge is 0.348 e. The Morgan fingerprint density at radius 2 is 2.19 bits per heavy atom. The molecule has 1 fully saturated rings. The van der Waals surface area contributed by atoms with Crippen molar-refractivity contribution in [3.63, 3.8) is 0 Å². The van der Waals surface area contributed by atoms with Crippen molar-refractivity contribution in [3.05, 3.63) is 0 Å². The molecule has 92 valence electrons. The van der Waals surface area contributed by atoms with Crippen molar-refractivity contribution in [2.75, 3.05) is 6.54 Å². The normalized spacial score (nSPS) is 20.7. The van der Waals surface area contributed by atoms with E-state index in [0.29, 0.717) is 19.4 Å². The van der Waals surface area contributed by atoms with Gasteiger partial charge in [0.15, 0.2) is 0 Å². The number of rotatable bonds is 5. The van der Waals surface area contributed by atoms with E-state index in [9.17, 15) is 9.59 Å². The van der Waals surface area contributed by atoms with Gasteiger partial charge in [0, 0.05) is 13.0 Å². The molecule has 0 bridgehead atoms. The molecule has 0 aromatic carbocycles. The van der Waals surface area contributed by atoms with Crippen LogP contribution in [0.4, 0.5) is 0 Å². The molecule has 1 heterocycles. The number of carbonyl (C=O) groups is 2. The van der Waals surface area contributed by atoms with Crippen molar-refractivity contribution < 1.29 is 9.59 Å². The highest BCUT2D eigenvalue weighted by molar-refractivity contribution is 5.91. The fourth-order valence-corrected chi connectivity index (χ4v) is 1.93. The molecule has 1 atom stereocenters. The summed E-state index contributed by atoms with van der Waals surface area (Å²) in [6.07, 6.45) is 2.61. The monoisotopic (exact) mass is 227 g/mol. The van der Waals surface area contributed by atoms with Crippen molar-refractivity contribution in [2.24, 2.45) is 5.73 Å². The summed E-state index contributed by atoms with van der Waals surface area (Å²) in [5, 5.41) is 5.62. The van der Waals surface area contributed by atoms with Crippen LogP contribution >= 0.6 is 0 Å². The van der Waals surface area contributed by atoms with E-state index in [4.69, 9.17) is 5.73 Å². The highest BCUT2D eigenvalue weighted by Gasteiger charge is 2.32. The highest BCUT2D eigenvalue weighted by Crippen LogP contribution is 2.15. The molecule has 4 N–H and O–H groups in total. The molecule has 0 aromatic heterocycles. The van der Waals surface area contributed by atoms with Crippen LogP contribution in [-0.2, 0) is 9.59 Å². The van der Waals surface area contributed by atoms with Crippen LogP contribution in [-0.4, -0.2) is 29.9 Å². The Balaban J connectivity index is 2.58. The van der Waals surface area contributed by atoms with Crippen molar-refractivity contribution >= 4 is 11.8 Å². The van der Waals surface area contributed by atoms with Crippen LogP contribution in [0, 0.1) is 0 Å². The summed E-state index contributed by atoms with van der Waals surface area (Å²) in [6.45, 7) is 4.43. The predicted octanol–water partition coefficient (Wildman–Crippen LogP) is -0.101. The van der Waals surface area contributed by atoms with E-state index >= 15 is 0 Å². The maximum Gasteiger partial charge on any atom is 0.243 e. The van der Waals surface area contributed by atoms with Gasteiger partial charge in [-0.2, -0.15) is 0 Å².